The normalized spacial score (nSPS) is 11.8. The molecule has 0 radical (unpaired) electrons. The molecule has 2 aromatic rings. The van der Waals surface area contributed by atoms with Gasteiger partial charge in [-0.3, -0.25) is 20.4 Å². The molecule has 0 saturated carbocycles. The summed E-state index contributed by atoms with van der Waals surface area (Å²) in [6, 6.07) is 12.7. The minimum Gasteiger partial charge on any atom is -0.481 e. The molecule has 0 heterocycles. The van der Waals surface area contributed by atoms with Gasteiger partial charge >= 0.3 is 0 Å². The lowest BCUT2D eigenvalue weighted by Gasteiger charge is -2.17. The summed E-state index contributed by atoms with van der Waals surface area (Å²) in [6.07, 6.45) is -0.751. The number of amides is 2. The van der Waals surface area contributed by atoms with E-state index in [0.717, 1.165) is 5.56 Å². The van der Waals surface area contributed by atoms with E-state index in [2.05, 4.69) is 40.6 Å². The second-order valence-electron chi connectivity index (χ2n) is 6.36. The molecule has 6 heteroatoms. The van der Waals surface area contributed by atoms with Crippen molar-refractivity contribution in [3.63, 3.8) is 0 Å². The zero-order valence-electron chi connectivity index (χ0n) is 15.3. The molecule has 1 unspecified atom stereocenters. The van der Waals surface area contributed by atoms with Gasteiger partial charge in [0.05, 0.1) is 5.56 Å². The first kappa shape index (κ1) is 20.0. The molecule has 2 N–H and O–H groups in total. The molecule has 0 aliphatic heterocycles. The maximum Gasteiger partial charge on any atom is 0.279 e. The minimum absolute atomic E-state index is 0.407. The van der Waals surface area contributed by atoms with Crippen molar-refractivity contribution >= 4 is 27.7 Å². The van der Waals surface area contributed by atoms with Crippen LogP contribution in [-0.2, 0) is 4.79 Å². The van der Waals surface area contributed by atoms with Crippen molar-refractivity contribution < 1.29 is 14.3 Å². The highest BCUT2D eigenvalue weighted by Gasteiger charge is 2.17. The van der Waals surface area contributed by atoms with Gasteiger partial charge in [0.25, 0.3) is 11.8 Å². The second-order valence-corrected chi connectivity index (χ2v) is 7.21. The largest absolute Gasteiger partial charge is 0.481 e. The zero-order valence-corrected chi connectivity index (χ0v) is 16.9. The first-order valence-electron chi connectivity index (χ1n) is 8.41. The number of ether oxygens (including phenoxy) is 1. The molecule has 2 rings (SSSR count). The number of carbonyl (C=O) groups excluding carboxylic acids is 2. The fraction of sp³-hybridized carbons (Fsp3) is 0.300. The third-order valence-corrected chi connectivity index (χ3v) is 4.65. The lowest BCUT2D eigenvalue weighted by Crippen LogP contribution is -2.47. The van der Waals surface area contributed by atoms with Crippen molar-refractivity contribution in [3.05, 3.63) is 63.6 Å². The van der Waals surface area contributed by atoms with Gasteiger partial charge in [0.15, 0.2) is 6.10 Å². The van der Waals surface area contributed by atoms with Crippen LogP contribution >= 0.6 is 15.9 Å². The van der Waals surface area contributed by atoms with Crippen molar-refractivity contribution in [2.45, 2.75) is 39.7 Å². The first-order chi connectivity index (χ1) is 12.3. The molecular formula is C20H23BrN2O3. The third kappa shape index (κ3) is 5.08. The van der Waals surface area contributed by atoms with E-state index < -0.39 is 17.9 Å². The Morgan fingerprint density at radius 3 is 2.35 bits per heavy atom. The smallest absolute Gasteiger partial charge is 0.279 e. The van der Waals surface area contributed by atoms with Gasteiger partial charge in [-0.15, -0.1) is 0 Å². The van der Waals surface area contributed by atoms with Gasteiger partial charge in [-0.25, -0.2) is 0 Å². The fourth-order valence-corrected chi connectivity index (χ4v) is 3.02. The molecule has 26 heavy (non-hydrogen) atoms. The van der Waals surface area contributed by atoms with Gasteiger partial charge in [-0.1, -0.05) is 32.0 Å². The molecule has 2 aromatic carbocycles. The summed E-state index contributed by atoms with van der Waals surface area (Å²) >= 11 is 3.30. The molecule has 0 bridgehead atoms. The topological polar surface area (TPSA) is 67.4 Å². The lowest BCUT2D eigenvalue weighted by atomic mass is 9.98. The Kier molecular flexibility index (Phi) is 6.80. The van der Waals surface area contributed by atoms with Crippen LogP contribution in [0.25, 0.3) is 0 Å². The highest BCUT2D eigenvalue weighted by molar-refractivity contribution is 9.10. The van der Waals surface area contributed by atoms with Crippen molar-refractivity contribution in [2.75, 3.05) is 0 Å². The number of hydrogen-bond acceptors (Lipinski definition) is 3. The number of carbonyl (C=O) groups is 2. The van der Waals surface area contributed by atoms with Crippen LogP contribution in [0.3, 0.4) is 0 Å². The number of halogens is 1. The van der Waals surface area contributed by atoms with Crippen LogP contribution in [0, 0.1) is 6.92 Å². The molecule has 0 aliphatic carbocycles. The first-order valence-corrected chi connectivity index (χ1v) is 9.20. The van der Waals surface area contributed by atoms with Crippen LogP contribution in [0.15, 0.2) is 46.9 Å². The predicted octanol–water partition coefficient (Wildman–Crippen LogP) is 4.11. The third-order valence-electron chi connectivity index (χ3n) is 3.96. The highest BCUT2D eigenvalue weighted by atomic mass is 79.9. The fourth-order valence-electron chi connectivity index (χ4n) is 2.56. The quantitative estimate of drug-likeness (QED) is 0.717. The standard InChI is InChI=1S/C20H23BrN2O3/c1-12(2)16-10-9-15(11-13(16)3)26-14(4)19(24)22-23-20(25)17-7-5-6-8-18(17)21/h5-12,14H,1-4H3,(H,22,24)(H,23,25). The van der Waals surface area contributed by atoms with Crippen molar-refractivity contribution in [1.29, 1.82) is 0 Å². The van der Waals surface area contributed by atoms with Gasteiger partial charge < -0.3 is 4.74 Å². The van der Waals surface area contributed by atoms with Gasteiger partial charge in [-0.2, -0.15) is 0 Å². The Morgan fingerprint density at radius 1 is 1.04 bits per heavy atom. The highest BCUT2D eigenvalue weighted by Crippen LogP contribution is 2.24. The Balaban J connectivity index is 1.92. The molecule has 0 spiro atoms. The van der Waals surface area contributed by atoms with E-state index in [1.54, 1.807) is 25.1 Å². The van der Waals surface area contributed by atoms with Crippen LogP contribution < -0.4 is 15.6 Å². The van der Waals surface area contributed by atoms with E-state index in [1.165, 1.54) is 5.56 Å². The predicted molar refractivity (Wildman–Crippen MR) is 105 cm³/mol. The van der Waals surface area contributed by atoms with Crippen LogP contribution in [0.2, 0.25) is 0 Å². The number of hydrazine groups is 1. The summed E-state index contributed by atoms with van der Waals surface area (Å²) in [4.78, 5) is 24.3. The number of nitrogens with one attached hydrogen (secondary N) is 2. The van der Waals surface area contributed by atoms with E-state index >= 15 is 0 Å². The number of rotatable bonds is 5. The van der Waals surface area contributed by atoms with Crippen molar-refractivity contribution in [1.82, 2.24) is 10.9 Å². The number of hydrogen-bond donors (Lipinski definition) is 2. The summed E-state index contributed by atoms with van der Waals surface area (Å²) in [7, 11) is 0. The summed E-state index contributed by atoms with van der Waals surface area (Å²) in [5, 5.41) is 0. The van der Waals surface area contributed by atoms with E-state index in [1.807, 2.05) is 31.2 Å². The van der Waals surface area contributed by atoms with E-state index in [9.17, 15) is 9.59 Å². The lowest BCUT2D eigenvalue weighted by molar-refractivity contribution is -0.128. The maximum atomic E-state index is 12.2. The second kappa shape index (κ2) is 8.85. The van der Waals surface area contributed by atoms with Gasteiger partial charge in [-0.05, 0) is 71.1 Å². The molecule has 0 saturated heterocycles. The average molecular weight is 419 g/mol. The summed E-state index contributed by atoms with van der Waals surface area (Å²) in [5.41, 5.74) is 7.58. The summed E-state index contributed by atoms with van der Waals surface area (Å²) in [6.45, 7) is 7.91. The zero-order chi connectivity index (χ0) is 19.3. The van der Waals surface area contributed by atoms with E-state index in [0.29, 0.717) is 21.7 Å². The van der Waals surface area contributed by atoms with Crippen LogP contribution in [0.4, 0.5) is 0 Å². The Morgan fingerprint density at radius 2 is 1.73 bits per heavy atom. The molecule has 2 amide bonds. The molecule has 1 atom stereocenters. The van der Waals surface area contributed by atoms with Crippen LogP contribution in [-0.4, -0.2) is 17.9 Å². The monoisotopic (exact) mass is 418 g/mol. The number of benzene rings is 2. The Labute approximate surface area is 162 Å². The van der Waals surface area contributed by atoms with E-state index in [-0.39, 0.29) is 0 Å². The molecular weight excluding hydrogens is 396 g/mol. The molecule has 138 valence electrons. The van der Waals surface area contributed by atoms with E-state index in [4.69, 9.17) is 4.74 Å². The minimum atomic E-state index is -0.751. The SMILES string of the molecule is Cc1cc(OC(C)C(=O)NNC(=O)c2ccccc2Br)ccc1C(C)C. The maximum absolute atomic E-state index is 12.2. The molecule has 0 aliphatic rings. The number of aryl methyl sites for hydroxylation is 1. The van der Waals surface area contributed by atoms with Crippen molar-refractivity contribution in [3.8, 4) is 5.75 Å². The van der Waals surface area contributed by atoms with Crippen LogP contribution in [0.1, 0.15) is 48.2 Å². The molecule has 5 nitrogen and oxygen atoms in total. The molecule has 0 fully saturated rings. The summed E-state index contributed by atoms with van der Waals surface area (Å²) in [5.74, 6) is 0.204. The van der Waals surface area contributed by atoms with Crippen LogP contribution in [0.5, 0.6) is 5.75 Å². The van der Waals surface area contributed by atoms with Crippen molar-refractivity contribution in [2.24, 2.45) is 0 Å². The molecule has 0 aromatic heterocycles. The van der Waals surface area contributed by atoms with Gasteiger partial charge in [0.1, 0.15) is 5.75 Å². The summed E-state index contributed by atoms with van der Waals surface area (Å²) < 4.78 is 6.33. The van der Waals surface area contributed by atoms with Gasteiger partial charge in [0.2, 0.25) is 0 Å². The average Bonchev–Trinajstić information content (AvgIpc) is 2.59. The Hall–Kier alpha value is -2.34. The Bertz CT molecular complexity index is 805. The van der Waals surface area contributed by atoms with Gasteiger partial charge in [0, 0.05) is 4.47 Å².